The van der Waals surface area contributed by atoms with Crippen LogP contribution in [0.3, 0.4) is 0 Å². The van der Waals surface area contributed by atoms with E-state index in [9.17, 15) is 17.2 Å². The fourth-order valence-electron chi connectivity index (χ4n) is 4.74. The Balaban J connectivity index is 1.45. The van der Waals surface area contributed by atoms with Crippen LogP contribution in [0.5, 0.6) is 0 Å². The molecule has 39 heavy (non-hydrogen) atoms. The smallest absolute Gasteiger partial charge is 0.243 e. The first kappa shape index (κ1) is 26.9. The highest BCUT2D eigenvalue weighted by Crippen LogP contribution is 2.32. The Labute approximate surface area is 226 Å². The van der Waals surface area contributed by atoms with Gasteiger partial charge < -0.3 is 5.32 Å². The molecule has 0 saturated heterocycles. The molecule has 0 bridgehead atoms. The average Bonchev–Trinajstić information content (AvgIpc) is 3.40. The summed E-state index contributed by atoms with van der Waals surface area (Å²) in [6.07, 6.45) is 5.55. The largest absolute Gasteiger partial charge is 0.382 e. The van der Waals surface area contributed by atoms with Gasteiger partial charge in [-0.3, -0.25) is 0 Å². The second kappa shape index (κ2) is 11.6. The highest BCUT2D eigenvalue weighted by molar-refractivity contribution is 7.89. The van der Waals surface area contributed by atoms with E-state index in [2.05, 4.69) is 20.7 Å². The van der Waals surface area contributed by atoms with Gasteiger partial charge in [-0.2, -0.15) is 9.10 Å². The van der Waals surface area contributed by atoms with Crippen LogP contribution in [-0.4, -0.2) is 46.0 Å². The van der Waals surface area contributed by atoms with Gasteiger partial charge in [0.2, 0.25) is 15.8 Å². The van der Waals surface area contributed by atoms with E-state index in [4.69, 9.17) is 0 Å². The van der Waals surface area contributed by atoms with Gasteiger partial charge in [-0.05, 0) is 71.6 Å². The number of benzene rings is 3. The number of tetrazole rings is 1. The van der Waals surface area contributed by atoms with Crippen LogP contribution in [-0.2, 0) is 23.1 Å². The highest BCUT2D eigenvalue weighted by Gasteiger charge is 2.25. The van der Waals surface area contributed by atoms with Crippen LogP contribution in [0, 0.1) is 11.6 Å². The predicted octanol–water partition coefficient (Wildman–Crippen LogP) is 5.23. The lowest BCUT2D eigenvalue weighted by Gasteiger charge is -2.25. The molecule has 0 unspecified atom stereocenters. The molecule has 1 N–H and O–H groups in total. The lowest BCUT2D eigenvalue weighted by atomic mass is 9.95. The Bertz CT molecular complexity index is 1520. The molecule has 0 atom stereocenters. The third kappa shape index (κ3) is 6.48. The summed E-state index contributed by atoms with van der Waals surface area (Å²) in [6, 6.07) is 17.0. The number of hydrogen-bond donors (Lipinski definition) is 1. The monoisotopic (exact) mass is 552 g/mol. The molecule has 0 radical (unpaired) electrons. The van der Waals surface area contributed by atoms with Gasteiger partial charge in [-0.25, -0.2) is 17.2 Å². The standard InChI is InChI=1S/C28H30F2N6O2S/c1-35(18-20-7-11-22(29)12-8-20)39(37,38)25-15-16-27(31-24-5-3-2-4-6-24)26(17-25)28-32-34-36(33-28)19-21-9-13-23(30)14-10-21/h7-17,24,31H,2-6,18-19H2,1H3. The topological polar surface area (TPSA) is 93.0 Å². The third-order valence-electron chi connectivity index (χ3n) is 6.91. The van der Waals surface area contributed by atoms with Crippen LogP contribution in [0.1, 0.15) is 43.2 Å². The number of sulfonamides is 1. The van der Waals surface area contributed by atoms with Gasteiger partial charge >= 0.3 is 0 Å². The number of halogens is 2. The van der Waals surface area contributed by atoms with E-state index < -0.39 is 10.0 Å². The van der Waals surface area contributed by atoms with Crippen LogP contribution in [0.25, 0.3) is 11.4 Å². The van der Waals surface area contributed by atoms with Gasteiger partial charge in [0, 0.05) is 30.9 Å². The zero-order chi connectivity index (χ0) is 27.4. The van der Waals surface area contributed by atoms with Crippen LogP contribution in [0.15, 0.2) is 71.6 Å². The molecule has 11 heteroatoms. The maximum Gasteiger partial charge on any atom is 0.243 e. The van der Waals surface area contributed by atoms with Crippen molar-refractivity contribution in [2.45, 2.75) is 56.1 Å². The Kier molecular flexibility index (Phi) is 7.99. The van der Waals surface area contributed by atoms with E-state index in [0.717, 1.165) is 36.9 Å². The lowest BCUT2D eigenvalue weighted by Crippen LogP contribution is -2.27. The van der Waals surface area contributed by atoms with Crippen molar-refractivity contribution in [2.24, 2.45) is 0 Å². The lowest BCUT2D eigenvalue weighted by molar-refractivity contribution is 0.462. The fraction of sp³-hybridized carbons (Fsp3) is 0.321. The van der Waals surface area contributed by atoms with E-state index in [0.29, 0.717) is 11.1 Å². The third-order valence-corrected chi connectivity index (χ3v) is 8.71. The van der Waals surface area contributed by atoms with E-state index >= 15 is 0 Å². The SMILES string of the molecule is CN(Cc1ccc(F)cc1)S(=O)(=O)c1ccc(NC2CCCCC2)c(-c2nnn(Cc3ccc(F)cc3)n2)c1. The molecule has 1 heterocycles. The molecule has 1 saturated carbocycles. The summed E-state index contributed by atoms with van der Waals surface area (Å²) in [5.74, 6) is -0.421. The number of nitrogens with zero attached hydrogens (tertiary/aromatic N) is 5. The quantitative estimate of drug-likeness (QED) is 0.306. The Morgan fingerprint density at radius 3 is 2.23 bits per heavy atom. The second-order valence-corrected chi connectivity index (χ2v) is 11.9. The molecule has 0 amide bonds. The van der Waals surface area contributed by atoms with Crippen molar-refractivity contribution in [3.63, 3.8) is 0 Å². The second-order valence-electron chi connectivity index (χ2n) is 9.84. The summed E-state index contributed by atoms with van der Waals surface area (Å²) in [5, 5.41) is 16.4. The molecule has 204 valence electrons. The molecule has 4 aromatic rings. The van der Waals surface area contributed by atoms with E-state index in [-0.39, 0.29) is 41.5 Å². The van der Waals surface area contributed by atoms with E-state index in [1.54, 1.807) is 42.5 Å². The van der Waals surface area contributed by atoms with Crippen LogP contribution in [0.4, 0.5) is 14.5 Å². The van der Waals surface area contributed by atoms with Crippen LogP contribution in [0.2, 0.25) is 0 Å². The summed E-state index contributed by atoms with van der Waals surface area (Å²) >= 11 is 0. The van der Waals surface area contributed by atoms with Gasteiger partial charge in [0.05, 0.1) is 11.4 Å². The minimum atomic E-state index is -3.88. The molecular weight excluding hydrogens is 522 g/mol. The molecule has 8 nitrogen and oxygen atoms in total. The van der Waals surface area contributed by atoms with Crippen molar-refractivity contribution in [1.82, 2.24) is 24.5 Å². The Morgan fingerprint density at radius 1 is 0.923 bits per heavy atom. The zero-order valence-corrected chi connectivity index (χ0v) is 22.4. The van der Waals surface area contributed by atoms with Crippen molar-refractivity contribution in [3.8, 4) is 11.4 Å². The molecule has 0 aliphatic heterocycles. The van der Waals surface area contributed by atoms with Gasteiger partial charge in [0.15, 0.2) is 0 Å². The van der Waals surface area contributed by atoms with Crippen molar-refractivity contribution >= 4 is 15.7 Å². The minimum absolute atomic E-state index is 0.0891. The van der Waals surface area contributed by atoms with Crippen LogP contribution < -0.4 is 5.32 Å². The molecule has 0 spiro atoms. The number of hydrogen-bond acceptors (Lipinski definition) is 6. The number of anilines is 1. The normalized spacial score (nSPS) is 14.6. The number of nitrogens with one attached hydrogen (secondary N) is 1. The predicted molar refractivity (Wildman–Crippen MR) is 144 cm³/mol. The summed E-state index contributed by atoms with van der Waals surface area (Å²) < 4.78 is 54.8. The number of aromatic nitrogens is 4. The summed E-state index contributed by atoms with van der Waals surface area (Å²) in [4.78, 5) is 1.49. The van der Waals surface area contributed by atoms with Crippen molar-refractivity contribution in [3.05, 3.63) is 89.5 Å². The van der Waals surface area contributed by atoms with E-state index in [1.807, 2.05) is 0 Å². The molecule has 3 aromatic carbocycles. The Morgan fingerprint density at radius 2 is 1.56 bits per heavy atom. The van der Waals surface area contributed by atoms with Gasteiger partial charge in [-0.15, -0.1) is 10.2 Å². The van der Waals surface area contributed by atoms with Crippen molar-refractivity contribution < 1.29 is 17.2 Å². The molecule has 1 aliphatic rings. The summed E-state index contributed by atoms with van der Waals surface area (Å²) in [5.41, 5.74) is 2.74. The van der Waals surface area contributed by atoms with E-state index in [1.165, 1.54) is 46.8 Å². The molecule has 1 fully saturated rings. The molecule has 1 aromatic heterocycles. The average molecular weight is 553 g/mol. The first-order valence-corrected chi connectivity index (χ1v) is 14.4. The van der Waals surface area contributed by atoms with Gasteiger partial charge in [0.25, 0.3) is 0 Å². The minimum Gasteiger partial charge on any atom is -0.382 e. The maximum atomic E-state index is 13.5. The number of rotatable bonds is 9. The highest BCUT2D eigenvalue weighted by atomic mass is 32.2. The van der Waals surface area contributed by atoms with Crippen LogP contribution >= 0.6 is 0 Å². The van der Waals surface area contributed by atoms with Gasteiger partial charge in [-0.1, -0.05) is 43.5 Å². The summed E-state index contributed by atoms with van der Waals surface area (Å²) in [7, 11) is -2.39. The first-order valence-electron chi connectivity index (χ1n) is 12.9. The summed E-state index contributed by atoms with van der Waals surface area (Å²) in [6.45, 7) is 0.378. The van der Waals surface area contributed by atoms with Crippen molar-refractivity contribution in [1.29, 1.82) is 0 Å². The molecule has 1 aliphatic carbocycles. The van der Waals surface area contributed by atoms with Gasteiger partial charge in [0.1, 0.15) is 11.6 Å². The Hall–Kier alpha value is -3.70. The van der Waals surface area contributed by atoms with Crippen molar-refractivity contribution in [2.75, 3.05) is 12.4 Å². The zero-order valence-electron chi connectivity index (χ0n) is 21.6. The first-order chi connectivity index (χ1) is 18.8. The molecular formula is C28H30F2N6O2S. The maximum absolute atomic E-state index is 13.5. The molecule has 5 rings (SSSR count). The fourth-order valence-corrected chi connectivity index (χ4v) is 5.93.